The van der Waals surface area contributed by atoms with Gasteiger partial charge in [0.2, 0.25) is 0 Å². The summed E-state index contributed by atoms with van der Waals surface area (Å²) in [6.07, 6.45) is 7.11. The van der Waals surface area contributed by atoms with E-state index in [9.17, 15) is 0 Å². The van der Waals surface area contributed by atoms with Gasteiger partial charge in [-0.25, -0.2) is 0 Å². The molecule has 0 amide bonds. The first-order valence-electron chi connectivity index (χ1n) is 7.50. The zero-order valence-electron chi connectivity index (χ0n) is 11.3. The molecule has 2 atom stereocenters. The van der Waals surface area contributed by atoms with Crippen LogP contribution in [0.2, 0.25) is 0 Å². The zero-order valence-corrected chi connectivity index (χ0v) is 11.3. The summed E-state index contributed by atoms with van der Waals surface area (Å²) in [5.41, 5.74) is 6.02. The smallest absolute Gasteiger partial charge is 0.0741 e. The molecule has 3 rings (SSSR count). The Morgan fingerprint density at radius 3 is 2.78 bits per heavy atom. The third-order valence-corrected chi connectivity index (χ3v) is 5.03. The van der Waals surface area contributed by atoms with Crippen molar-refractivity contribution in [1.29, 1.82) is 0 Å². The standard InChI is InChI=1S/C14H26N2O2/c15-11-13-2-1-6-16(13)12-3-7-18-14(10-12)4-8-17-9-5-14/h12-13H,1-11,15H2. The largest absolute Gasteiger partial charge is 0.381 e. The van der Waals surface area contributed by atoms with Crippen LogP contribution >= 0.6 is 0 Å². The molecule has 3 fully saturated rings. The Bertz CT molecular complexity index is 273. The highest BCUT2D eigenvalue weighted by molar-refractivity contribution is 4.95. The summed E-state index contributed by atoms with van der Waals surface area (Å²) in [7, 11) is 0. The van der Waals surface area contributed by atoms with E-state index < -0.39 is 0 Å². The van der Waals surface area contributed by atoms with E-state index in [4.69, 9.17) is 15.2 Å². The van der Waals surface area contributed by atoms with E-state index in [1.807, 2.05) is 0 Å². The molecule has 3 heterocycles. The van der Waals surface area contributed by atoms with Gasteiger partial charge in [-0.3, -0.25) is 4.90 Å². The summed E-state index contributed by atoms with van der Waals surface area (Å²) in [5, 5.41) is 0. The van der Waals surface area contributed by atoms with E-state index in [-0.39, 0.29) is 5.60 Å². The van der Waals surface area contributed by atoms with Crippen LogP contribution in [0.15, 0.2) is 0 Å². The fourth-order valence-corrected chi connectivity index (χ4v) is 3.97. The third-order valence-electron chi connectivity index (χ3n) is 5.03. The lowest BCUT2D eigenvalue weighted by Crippen LogP contribution is -2.53. The molecule has 4 nitrogen and oxygen atoms in total. The first kappa shape index (κ1) is 12.9. The summed E-state index contributed by atoms with van der Waals surface area (Å²) in [6, 6.07) is 1.30. The topological polar surface area (TPSA) is 47.7 Å². The zero-order chi connectivity index (χ0) is 12.4. The number of hydrogen-bond donors (Lipinski definition) is 1. The van der Waals surface area contributed by atoms with Crippen molar-refractivity contribution in [2.75, 3.05) is 32.9 Å². The molecule has 0 saturated carbocycles. The first-order chi connectivity index (χ1) is 8.83. The van der Waals surface area contributed by atoms with Crippen molar-refractivity contribution in [1.82, 2.24) is 4.90 Å². The SMILES string of the molecule is NCC1CCCN1C1CCOC2(CCOCC2)C1. The molecule has 4 heteroatoms. The van der Waals surface area contributed by atoms with Crippen LogP contribution in [-0.2, 0) is 9.47 Å². The Labute approximate surface area is 110 Å². The number of hydrogen-bond acceptors (Lipinski definition) is 4. The maximum atomic E-state index is 6.13. The van der Waals surface area contributed by atoms with Gasteiger partial charge in [-0.1, -0.05) is 0 Å². The molecule has 0 aliphatic carbocycles. The third kappa shape index (κ3) is 2.44. The number of ether oxygens (including phenoxy) is 2. The molecule has 0 bridgehead atoms. The Balaban J connectivity index is 1.66. The van der Waals surface area contributed by atoms with Crippen molar-refractivity contribution in [3.8, 4) is 0 Å². The van der Waals surface area contributed by atoms with E-state index in [1.165, 1.54) is 32.2 Å². The van der Waals surface area contributed by atoms with E-state index in [0.717, 1.165) is 39.2 Å². The highest BCUT2D eigenvalue weighted by Gasteiger charge is 2.42. The van der Waals surface area contributed by atoms with E-state index in [0.29, 0.717) is 12.1 Å². The fourth-order valence-electron chi connectivity index (χ4n) is 3.97. The summed E-state index contributed by atoms with van der Waals surface area (Å²) in [4.78, 5) is 2.67. The Kier molecular flexibility index (Phi) is 3.89. The lowest BCUT2D eigenvalue weighted by atomic mass is 9.83. The van der Waals surface area contributed by atoms with Crippen molar-refractivity contribution in [3.05, 3.63) is 0 Å². The second-order valence-electron chi connectivity index (χ2n) is 6.06. The molecule has 1 spiro atoms. The van der Waals surface area contributed by atoms with Crippen molar-refractivity contribution in [3.63, 3.8) is 0 Å². The van der Waals surface area contributed by atoms with Crippen molar-refractivity contribution < 1.29 is 9.47 Å². The van der Waals surface area contributed by atoms with E-state index in [2.05, 4.69) is 4.90 Å². The molecule has 0 aromatic heterocycles. The van der Waals surface area contributed by atoms with E-state index >= 15 is 0 Å². The van der Waals surface area contributed by atoms with Gasteiger partial charge in [0.15, 0.2) is 0 Å². The van der Waals surface area contributed by atoms with E-state index in [1.54, 1.807) is 0 Å². The number of nitrogens with zero attached hydrogens (tertiary/aromatic N) is 1. The molecule has 0 aromatic rings. The van der Waals surface area contributed by atoms with Crippen LogP contribution < -0.4 is 5.73 Å². The molecular weight excluding hydrogens is 228 g/mol. The molecular formula is C14H26N2O2. The van der Waals surface area contributed by atoms with Gasteiger partial charge in [-0.2, -0.15) is 0 Å². The first-order valence-corrected chi connectivity index (χ1v) is 7.50. The van der Waals surface area contributed by atoms with Gasteiger partial charge >= 0.3 is 0 Å². The fraction of sp³-hybridized carbons (Fsp3) is 1.00. The van der Waals surface area contributed by atoms with Gasteiger partial charge in [-0.05, 0) is 45.1 Å². The molecule has 2 N–H and O–H groups in total. The van der Waals surface area contributed by atoms with Crippen molar-refractivity contribution >= 4 is 0 Å². The van der Waals surface area contributed by atoms with Gasteiger partial charge in [0.25, 0.3) is 0 Å². The molecule has 3 aliphatic heterocycles. The minimum Gasteiger partial charge on any atom is -0.381 e. The van der Waals surface area contributed by atoms with Gasteiger partial charge in [-0.15, -0.1) is 0 Å². The second kappa shape index (κ2) is 5.45. The molecule has 0 aromatic carbocycles. The Morgan fingerprint density at radius 2 is 2.00 bits per heavy atom. The summed E-state index contributed by atoms with van der Waals surface area (Å²) in [6.45, 7) is 4.70. The highest BCUT2D eigenvalue weighted by Crippen LogP contribution is 2.37. The molecule has 3 aliphatic rings. The highest BCUT2D eigenvalue weighted by atomic mass is 16.5. The van der Waals surface area contributed by atoms with Gasteiger partial charge in [0, 0.05) is 38.4 Å². The number of likely N-dealkylation sites (tertiary alicyclic amines) is 1. The van der Waals surface area contributed by atoms with Crippen LogP contribution in [0, 0.1) is 0 Å². The van der Waals surface area contributed by atoms with Gasteiger partial charge < -0.3 is 15.2 Å². The quantitative estimate of drug-likeness (QED) is 0.803. The van der Waals surface area contributed by atoms with Gasteiger partial charge in [0.05, 0.1) is 5.60 Å². The lowest BCUT2D eigenvalue weighted by Gasteiger charge is -2.46. The predicted octanol–water partition coefficient (Wildman–Crippen LogP) is 1.14. The average Bonchev–Trinajstić information content (AvgIpc) is 2.88. The van der Waals surface area contributed by atoms with Crippen molar-refractivity contribution in [2.24, 2.45) is 5.73 Å². The summed E-state index contributed by atoms with van der Waals surface area (Å²) < 4.78 is 11.6. The normalized spacial score (nSPS) is 37.2. The minimum atomic E-state index is 0.114. The minimum absolute atomic E-state index is 0.114. The Morgan fingerprint density at radius 1 is 1.17 bits per heavy atom. The van der Waals surface area contributed by atoms with Crippen LogP contribution in [0.1, 0.15) is 38.5 Å². The maximum absolute atomic E-state index is 6.13. The maximum Gasteiger partial charge on any atom is 0.0741 e. The second-order valence-corrected chi connectivity index (χ2v) is 6.06. The summed E-state index contributed by atoms with van der Waals surface area (Å²) >= 11 is 0. The predicted molar refractivity (Wildman–Crippen MR) is 70.5 cm³/mol. The average molecular weight is 254 g/mol. The molecule has 2 unspecified atom stereocenters. The summed E-state index contributed by atoms with van der Waals surface area (Å²) in [5.74, 6) is 0. The molecule has 0 radical (unpaired) electrons. The van der Waals surface area contributed by atoms with Crippen LogP contribution in [0.5, 0.6) is 0 Å². The monoisotopic (exact) mass is 254 g/mol. The molecule has 3 saturated heterocycles. The van der Waals surface area contributed by atoms with Crippen LogP contribution in [-0.4, -0.2) is 55.5 Å². The van der Waals surface area contributed by atoms with Gasteiger partial charge in [0.1, 0.15) is 0 Å². The number of nitrogens with two attached hydrogens (primary N) is 1. The van der Waals surface area contributed by atoms with Crippen molar-refractivity contribution in [2.45, 2.75) is 56.2 Å². The Hall–Kier alpha value is -0.160. The number of rotatable bonds is 2. The lowest BCUT2D eigenvalue weighted by molar-refractivity contribution is -0.152. The van der Waals surface area contributed by atoms with Crippen LogP contribution in [0.25, 0.3) is 0 Å². The van der Waals surface area contributed by atoms with Crippen LogP contribution in [0.4, 0.5) is 0 Å². The van der Waals surface area contributed by atoms with Crippen LogP contribution in [0.3, 0.4) is 0 Å². The molecule has 18 heavy (non-hydrogen) atoms. The molecule has 104 valence electrons.